The zero-order valence-corrected chi connectivity index (χ0v) is 16.1. The van der Waals surface area contributed by atoms with Crippen LogP contribution in [0.2, 0.25) is 0 Å². The fourth-order valence-corrected chi connectivity index (χ4v) is 3.21. The molecule has 6 nitrogen and oxygen atoms in total. The van der Waals surface area contributed by atoms with Crippen LogP contribution in [0, 0.1) is 0 Å². The summed E-state index contributed by atoms with van der Waals surface area (Å²) in [6, 6.07) is 11.3. The van der Waals surface area contributed by atoms with E-state index in [0.29, 0.717) is 39.1 Å². The van der Waals surface area contributed by atoms with Crippen molar-refractivity contribution < 1.29 is 22.7 Å². The summed E-state index contributed by atoms with van der Waals surface area (Å²) < 4.78 is 42.7. The van der Waals surface area contributed by atoms with Gasteiger partial charge in [0, 0.05) is 63.1 Å². The number of nitrogens with zero attached hydrogens (tertiary/aromatic N) is 3. The van der Waals surface area contributed by atoms with Gasteiger partial charge in [0.15, 0.2) is 0 Å². The molecule has 2 aromatic rings. The molecular formula is C20H25F3N4O2. The Labute approximate surface area is 167 Å². The van der Waals surface area contributed by atoms with Gasteiger partial charge in [-0.25, -0.2) is 4.79 Å². The Kier molecular flexibility index (Phi) is 7.16. The lowest BCUT2D eigenvalue weighted by atomic mass is 10.2. The van der Waals surface area contributed by atoms with Crippen molar-refractivity contribution in [2.24, 2.45) is 0 Å². The second kappa shape index (κ2) is 9.80. The number of alkyl halides is 3. The molecule has 9 heteroatoms. The maximum Gasteiger partial charge on any atom is 0.411 e. The van der Waals surface area contributed by atoms with E-state index in [-0.39, 0.29) is 12.6 Å². The van der Waals surface area contributed by atoms with E-state index in [1.165, 1.54) is 0 Å². The Hall–Kier alpha value is -2.52. The average Bonchev–Trinajstić information content (AvgIpc) is 3.22. The minimum atomic E-state index is -4.28. The second-order valence-corrected chi connectivity index (χ2v) is 6.92. The first-order valence-electron chi connectivity index (χ1n) is 9.57. The van der Waals surface area contributed by atoms with Gasteiger partial charge in [0.2, 0.25) is 0 Å². The molecule has 158 valence electrons. The number of nitrogens with one attached hydrogen (secondary N) is 1. The van der Waals surface area contributed by atoms with Gasteiger partial charge >= 0.3 is 12.2 Å². The molecule has 3 rings (SSSR count). The molecule has 0 unspecified atom stereocenters. The number of rotatable bonds is 7. The van der Waals surface area contributed by atoms with Crippen LogP contribution >= 0.6 is 0 Å². The van der Waals surface area contributed by atoms with Crippen LogP contribution in [0.3, 0.4) is 0 Å². The molecule has 0 radical (unpaired) electrons. The summed E-state index contributed by atoms with van der Waals surface area (Å²) in [5.41, 5.74) is 1.69. The van der Waals surface area contributed by atoms with Crippen LogP contribution in [0.4, 0.5) is 23.7 Å². The number of carbonyl (C=O) groups is 1. The lowest BCUT2D eigenvalue weighted by molar-refractivity contribution is -0.174. The van der Waals surface area contributed by atoms with E-state index in [9.17, 15) is 18.0 Å². The summed E-state index contributed by atoms with van der Waals surface area (Å²) in [6.07, 6.45) is 0.136. The van der Waals surface area contributed by atoms with E-state index >= 15 is 0 Å². The van der Waals surface area contributed by atoms with Gasteiger partial charge in [-0.15, -0.1) is 0 Å². The molecule has 1 aliphatic heterocycles. The largest absolute Gasteiger partial charge is 0.411 e. The Morgan fingerprint density at radius 2 is 1.79 bits per heavy atom. The molecule has 0 aliphatic carbocycles. The highest BCUT2D eigenvalue weighted by Crippen LogP contribution is 2.16. The highest BCUT2D eigenvalue weighted by atomic mass is 19.4. The molecule has 1 aromatic heterocycles. The summed E-state index contributed by atoms with van der Waals surface area (Å²) in [5.74, 6) is 0. The molecule has 1 fully saturated rings. The highest BCUT2D eigenvalue weighted by molar-refractivity contribution is 5.89. The van der Waals surface area contributed by atoms with E-state index in [2.05, 4.69) is 15.0 Å². The van der Waals surface area contributed by atoms with E-state index in [1.54, 1.807) is 4.90 Å². The van der Waals surface area contributed by atoms with Crippen molar-refractivity contribution in [1.82, 2.24) is 14.4 Å². The summed E-state index contributed by atoms with van der Waals surface area (Å²) >= 11 is 0. The molecule has 2 amide bonds. The molecule has 1 N–H and O–H groups in total. The minimum absolute atomic E-state index is 0.0813. The quantitative estimate of drug-likeness (QED) is 0.710. The molecule has 1 aliphatic rings. The number of anilines is 1. The molecule has 0 atom stereocenters. The van der Waals surface area contributed by atoms with Crippen LogP contribution in [0.5, 0.6) is 0 Å². The van der Waals surface area contributed by atoms with Gasteiger partial charge < -0.3 is 19.5 Å². The number of piperazine rings is 1. The van der Waals surface area contributed by atoms with Crippen LogP contribution in [-0.4, -0.2) is 72.5 Å². The first-order valence-corrected chi connectivity index (χ1v) is 9.57. The predicted molar refractivity (Wildman–Crippen MR) is 104 cm³/mol. The number of hydrogen-bond acceptors (Lipinski definition) is 3. The van der Waals surface area contributed by atoms with Gasteiger partial charge in [-0.2, -0.15) is 13.2 Å². The first-order chi connectivity index (χ1) is 13.9. The van der Waals surface area contributed by atoms with Gasteiger partial charge in [-0.3, -0.25) is 4.90 Å². The number of urea groups is 1. The SMILES string of the molecule is O=C(Nc1cccc(-n2cccc2)c1)N1CCN(CCCOCC(F)(F)F)CC1. The highest BCUT2D eigenvalue weighted by Gasteiger charge is 2.27. The van der Waals surface area contributed by atoms with E-state index in [0.717, 1.165) is 11.4 Å². The van der Waals surface area contributed by atoms with Crippen LogP contribution in [0.1, 0.15) is 6.42 Å². The van der Waals surface area contributed by atoms with E-state index < -0.39 is 12.8 Å². The third-order valence-corrected chi connectivity index (χ3v) is 4.69. The fourth-order valence-electron chi connectivity index (χ4n) is 3.21. The van der Waals surface area contributed by atoms with Crippen molar-refractivity contribution in [3.05, 3.63) is 48.8 Å². The van der Waals surface area contributed by atoms with Crippen LogP contribution in [-0.2, 0) is 4.74 Å². The van der Waals surface area contributed by atoms with Gasteiger partial charge in [0.05, 0.1) is 0 Å². The third kappa shape index (κ3) is 6.79. The number of halogens is 3. The maximum atomic E-state index is 12.5. The van der Waals surface area contributed by atoms with Crippen molar-refractivity contribution in [2.75, 3.05) is 51.3 Å². The molecule has 0 spiro atoms. The van der Waals surface area contributed by atoms with Crippen LogP contribution in [0.15, 0.2) is 48.8 Å². The Balaban J connectivity index is 1.39. The monoisotopic (exact) mass is 410 g/mol. The van der Waals surface area contributed by atoms with Crippen LogP contribution < -0.4 is 5.32 Å². The maximum absolute atomic E-state index is 12.5. The molecule has 0 bridgehead atoms. The van der Waals surface area contributed by atoms with Crippen molar-refractivity contribution in [3.8, 4) is 5.69 Å². The Bertz CT molecular complexity index is 772. The predicted octanol–water partition coefficient (Wildman–Crippen LogP) is 3.60. The normalized spacial score (nSPS) is 15.5. The van der Waals surface area contributed by atoms with Crippen molar-refractivity contribution in [1.29, 1.82) is 0 Å². The lowest BCUT2D eigenvalue weighted by Crippen LogP contribution is -2.50. The summed E-state index contributed by atoms with van der Waals surface area (Å²) in [5, 5.41) is 2.93. The van der Waals surface area contributed by atoms with Gasteiger partial charge in [0.1, 0.15) is 6.61 Å². The first kappa shape index (κ1) is 21.2. The molecular weight excluding hydrogens is 385 g/mol. The second-order valence-electron chi connectivity index (χ2n) is 6.92. The number of ether oxygens (including phenoxy) is 1. The number of carbonyl (C=O) groups excluding carboxylic acids is 1. The zero-order valence-electron chi connectivity index (χ0n) is 16.1. The van der Waals surface area contributed by atoms with Crippen molar-refractivity contribution in [3.63, 3.8) is 0 Å². The van der Waals surface area contributed by atoms with Gasteiger partial charge in [0.25, 0.3) is 0 Å². The smallest absolute Gasteiger partial charge is 0.372 e. The number of amides is 2. The summed E-state index contributed by atoms with van der Waals surface area (Å²) in [6.45, 7) is 2.07. The number of hydrogen-bond donors (Lipinski definition) is 1. The molecule has 0 saturated carbocycles. The van der Waals surface area contributed by atoms with Crippen LogP contribution in [0.25, 0.3) is 5.69 Å². The van der Waals surface area contributed by atoms with Gasteiger partial charge in [-0.05, 0) is 36.8 Å². The number of benzene rings is 1. The molecule has 2 heterocycles. The van der Waals surface area contributed by atoms with E-state index in [1.807, 2.05) is 53.4 Å². The summed E-state index contributed by atoms with van der Waals surface area (Å²) in [4.78, 5) is 16.4. The Morgan fingerprint density at radius 1 is 1.07 bits per heavy atom. The lowest BCUT2D eigenvalue weighted by Gasteiger charge is -2.34. The Morgan fingerprint density at radius 3 is 2.48 bits per heavy atom. The molecule has 1 saturated heterocycles. The van der Waals surface area contributed by atoms with Crippen molar-refractivity contribution in [2.45, 2.75) is 12.6 Å². The molecule has 1 aromatic carbocycles. The fraction of sp³-hybridized carbons (Fsp3) is 0.450. The topological polar surface area (TPSA) is 49.7 Å². The number of aromatic nitrogens is 1. The standard InChI is InChI=1S/C20H25F3N4O2/c21-20(22,23)16-29-14-4-7-25-10-12-27(13-11-25)19(28)24-17-5-3-6-18(15-17)26-8-1-2-9-26/h1-3,5-6,8-9,15H,4,7,10-14,16H2,(H,24,28). The van der Waals surface area contributed by atoms with Crippen molar-refractivity contribution >= 4 is 11.7 Å². The van der Waals surface area contributed by atoms with Gasteiger partial charge in [-0.1, -0.05) is 6.07 Å². The minimum Gasteiger partial charge on any atom is -0.372 e. The zero-order chi connectivity index (χ0) is 20.7. The van der Waals surface area contributed by atoms with E-state index in [4.69, 9.17) is 0 Å². The molecule has 29 heavy (non-hydrogen) atoms. The average molecular weight is 410 g/mol. The summed E-state index contributed by atoms with van der Waals surface area (Å²) in [7, 11) is 0. The third-order valence-electron chi connectivity index (χ3n) is 4.69.